The molecular weight excluding hydrogens is 290 g/mol. The molecular formula is C14H14N3O5-. The molecule has 0 spiro atoms. The second-order valence-corrected chi connectivity index (χ2v) is 4.74. The lowest BCUT2D eigenvalue weighted by Crippen LogP contribution is -2.44. The molecule has 0 aliphatic heterocycles. The van der Waals surface area contributed by atoms with Gasteiger partial charge in [0.2, 0.25) is 5.91 Å². The number of carboxylic acids is 1. The predicted molar refractivity (Wildman–Crippen MR) is 76.2 cm³/mol. The van der Waals surface area contributed by atoms with E-state index in [1.165, 1.54) is 6.92 Å². The molecule has 2 aromatic rings. The SMILES string of the molecule is C[C@@H](C(=O)NCCC(=O)[O-])n1c(=O)[nH]c2ccccc2c1=O. The number of para-hydroxylation sites is 1. The average molecular weight is 304 g/mol. The third-order valence-electron chi connectivity index (χ3n) is 3.23. The molecule has 1 aromatic carbocycles. The van der Waals surface area contributed by atoms with E-state index in [2.05, 4.69) is 10.3 Å². The Morgan fingerprint density at radius 3 is 2.68 bits per heavy atom. The van der Waals surface area contributed by atoms with Crippen molar-refractivity contribution in [1.29, 1.82) is 0 Å². The van der Waals surface area contributed by atoms with Crippen molar-refractivity contribution in [2.24, 2.45) is 0 Å². The van der Waals surface area contributed by atoms with E-state index in [1.54, 1.807) is 24.3 Å². The fourth-order valence-corrected chi connectivity index (χ4v) is 2.08. The van der Waals surface area contributed by atoms with Gasteiger partial charge in [0.15, 0.2) is 0 Å². The predicted octanol–water partition coefficient (Wildman–Crippen LogP) is -1.49. The summed E-state index contributed by atoms with van der Waals surface area (Å²) in [6, 6.07) is 5.40. The normalized spacial score (nSPS) is 12.0. The minimum atomic E-state index is -1.30. The minimum absolute atomic E-state index is 0.133. The molecule has 0 saturated carbocycles. The zero-order chi connectivity index (χ0) is 16.3. The maximum absolute atomic E-state index is 12.3. The molecule has 1 heterocycles. The molecule has 0 unspecified atom stereocenters. The Balaban J connectivity index is 2.34. The lowest BCUT2D eigenvalue weighted by molar-refractivity contribution is -0.305. The summed E-state index contributed by atoms with van der Waals surface area (Å²) < 4.78 is 0.802. The molecule has 0 fully saturated rings. The first-order valence-electron chi connectivity index (χ1n) is 6.63. The highest BCUT2D eigenvalue weighted by molar-refractivity contribution is 5.81. The summed E-state index contributed by atoms with van der Waals surface area (Å²) in [6.07, 6.45) is -0.346. The number of fused-ring (bicyclic) bond motifs is 1. The lowest BCUT2D eigenvalue weighted by atomic mass is 10.2. The summed E-state index contributed by atoms with van der Waals surface area (Å²) in [4.78, 5) is 49.1. The van der Waals surface area contributed by atoms with Crippen LogP contribution in [0.5, 0.6) is 0 Å². The smallest absolute Gasteiger partial charge is 0.329 e. The molecule has 1 atom stereocenters. The molecule has 0 bridgehead atoms. The van der Waals surface area contributed by atoms with Gasteiger partial charge in [-0.05, 0) is 19.1 Å². The maximum atomic E-state index is 12.3. The second-order valence-electron chi connectivity index (χ2n) is 4.74. The van der Waals surface area contributed by atoms with Crippen LogP contribution in [0, 0.1) is 0 Å². The molecule has 8 nitrogen and oxygen atoms in total. The fourth-order valence-electron chi connectivity index (χ4n) is 2.08. The van der Waals surface area contributed by atoms with Crippen LogP contribution in [0.15, 0.2) is 33.9 Å². The van der Waals surface area contributed by atoms with Gasteiger partial charge in [-0.1, -0.05) is 12.1 Å². The number of carboxylic acid groups (broad SMARTS) is 1. The number of carbonyl (C=O) groups is 2. The van der Waals surface area contributed by atoms with Crippen molar-refractivity contribution < 1.29 is 14.7 Å². The van der Waals surface area contributed by atoms with Gasteiger partial charge in [0.05, 0.1) is 10.9 Å². The zero-order valence-electron chi connectivity index (χ0n) is 11.8. The van der Waals surface area contributed by atoms with E-state index in [4.69, 9.17) is 0 Å². The number of amides is 1. The van der Waals surface area contributed by atoms with E-state index < -0.39 is 29.2 Å². The van der Waals surface area contributed by atoms with Gasteiger partial charge in [0.25, 0.3) is 5.56 Å². The molecule has 0 aliphatic rings. The van der Waals surface area contributed by atoms with Gasteiger partial charge in [-0.2, -0.15) is 0 Å². The maximum Gasteiger partial charge on any atom is 0.329 e. The van der Waals surface area contributed by atoms with Gasteiger partial charge in [-0.25, -0.2) is 9.36 Å². The van der Waals surface area contributed by atoms with Crippen LogP contribution in [0.2, 0.25) is 0 Å². The van der Waals surface area contributed by atoms with Crippen LogP contribution < -0.4 is 21.7 Å². The van der Waals surface area contributed by atoms with Gasteiger partial charge in [-0.15, -0.1) is 0 Å². The van der Waals surface area contributed by atoms with Crippen molar-refractivity contribution in [3.8, 4) is 0 Å². The number of rotatable bonds is 5. The Hall–Kier alpha value is -2.90. The van der Waals surface area contributed by atoms with E-state index in [0.717, 1.165) is 4.57 Å². The molecule has 0 saturated heterocycles. The topological polar surface area (TPSA) is 124 Å². The number of aliphatic carboxylic acids is 1. The van der Waals surface area contributed by atoms with Crippen molar-refractivity contribution in [2.75, 3.05) is 6.54 Å². The van der Waals surface area contributed by atoms with Crippen LogP contribution in [0.1, 0.15) is 19.4 Å². The Morgan fingerprint density at radius 1 is 1.32 bits per heavy atom. The zero-order valence-corrected chi connectivity index (χ0v) is 11.8. The molecule has 8 heteroatoms. The van der Waals surface area contributed by atoms with E-state index in [1.807, 2.05) is 0 Å². The summed E-state index contributed by atoms with van der Waals surface area (Å²) in [7, 11) is 0. The van der Waals surface area contributed by atoms with E-state index >= 15 is 0 Å². The molecule has 0 radical (unpaired) electrons. The molecule has 1 amide bonds. The van der Waals surface area contributed by atoms with E-state index in [-0.39, 0.29) is 18.4 Å². The van der Waals surface area contributed by atoms with Crippen molar-refractivity contribution in [3.63, 3.8) is 0 Å². The highest BCUT2D eigenvalue weighted by Crippen LogP contribution is 2.06. The summed E-state index contributed by atoms with van der Waals surface area (Å²) in [5.41, 5.74) is -0.897. The molecule has 2 rings (SSSR count). The fraction of sp³-hybridized carbons (Fsp3) is 0.286. The quantitative estimate of drug-likeness (QED) is 0.696. The molecule has 116 valence electrons. The van der Waals surface area contributed by atoms with Gasteiger partial charge < -0.3 is 20.2 Å². The third-order valence-corrected chi connectivity index (χ3v) is 3.23. The average Bonchev–Trinajstić information content (AvgIpc) is 2.46. The summed E-state index contributed by atoms with van der Waals surface area (Å²) >= 11 is 0. The Labute approximate surface area is 124 Å². The second kappa shape index (κ2) is 6.25. The molecule has 0 aliphatic carbocycles. The molecule has 22 heavy (non-hydrogen) atoms. The van der Waals surface area contributed by atoms with Crippen LogP contribution in [-0.2, 0) is 9.59 Å². The highest BCUT2D eigenvalue weighted by atomic mass is 16.4. The number of H-pyrrole nitrogens is 1. The number of benzene rings is 1. The Morgan fingerprint density at radius 2 is 2.00 bits per heavy atom. The van der Waals surface area contributed by atoms with Crippen molar-refractivity contribution in [2.45, 2.75) is 19.4 Å². The Kier molecular flexibility index (Phi) is 4.40. The van der Waals surface area contributed by atoms with Crippen LogP contribution in [0.3, 0.4) is 0 Å². The summed E-state index contributed by atoms with van der Waals surface area (Å²) in [5, 5.41) is 12.9. The molecule has 2 N–H and O–H groups in total. The number of hydrogen-bond donors (Lipinski definition) is 2. The van der Waals surface area contributed by atoms with Crippen LogP contribution in [0.25, 0.3) is 10.9 Å². The Bertz CT molecular complexity index is 836. The molecule has 1 aromatic heterocycles. The first kappa shape index (κ1) is 15.5. The number of aromatic amines is 1. The number of nitrogens with one attached hydrogen (secondary N) is 2. The number of hydrogen-bond acceptors (Lipinski definition) is 5. The monoisotopic (exact) mass is 304 g/mol. The third kappa shape index (κ3) is 3.05. The van der Waals surface area contributed by atoms with E-state index in [9.17, 15) is 24.3 Å². The summed E-state index contributed by atoms with van der Waals surface area (Å²) in [5.74, 6) is -1.92. The van der Waals surface area contributed by atoms with Crippen LogP contribution >= 0.6 is 0 Å². The lowest BCUT2D eigenvalue weighted by Gasteiger charge is -2.15. The van der Waals surface area contributed by atoms with Crippen LogP contribution in [0.4, 0.5) is 0 Å². The minimum Gasteiger partial charge on any atom is -0.550 e. The van der Waals surface area contributed by atoms with Gasteiger partial charge >= 0.3 is 5.69 Å². The number of nitrogens with zero attached hydrogens (tertiary/aromatic N) is 1. The summed E-state index contributed by atoms with van der Waals surface area (Å²) in [6.45, 7) is 1.26. The van der Waals surface area contributed by atoms with Crippen molar-refractivity contribution in [1.82, 2.24) is 14.9 Å². The first-order chi connectivity index (χ1) is 10.4. The standard InChI is InChI=1S/C14H15N3O5/c1-8(12(20)15-7-6-11(18)19)17-13(21)9-4-2-3-5-10(9)16-14(17)22/h2-5,8H,6-7H2,1H3,(H,15,20)(H,16,22)(H,18,19)/p-1/t8-/m0/s1. The van der Waals surface area contributed by atoms with Crippen LogP contribution in [-0.4, -0.2) is 28.0 Å². The van der Waals surface area contributed by atoms with Crippen molar-refractivity contribution >= 4 is 22.8 Å². The highest BCUT2D eigenvalue weighted by Gasteiger charge is 2.19. The van der Waals surface area contributed by atoms with Gasteiger partial charge in [0.1, 0.15) is 6.04 Å². The van der Waals surface area contributed by atoms with E-state index in [0.29, 0.717) is 5.52 Å². The number of aromatic nitrogens is 2. The van der Waals surface area contributed by atoms with Gasteiger partial charge in [-0.3, -0.25) is 9.59 Å². The van der Waals surface area contributed by atoms with Gasteiger partial charge in [0, 0.05) is 18.9 Å². The largest absolute Gasteiger partial charge is 0.550 e. The van der Waals surface area contributed by atoms with Crippen molar-refractivity contribution in [3.05, 3.63) is 45.1 Å². The number of carbonyl (C=O) groups excluding carboxylic acids is 2. The first-order valence-corrected chi connectivity index (χ1v) is 6.63.